The Morgan fingerprint density at radius 2 is 2.26 bits per heavy atom. The third kappa shape index (κ3) is 3.07. The Morgan fingerprint density at radius 1 is 1.53 bits per heavy atom. The highest BCUT2D eigenvalue weighted by molar-refractivity contribution is 8.00. The first kappa shape index (κ1) is 13.9. The average molecular weight is 276 g/mol. The van der Waals surface area contributed by atoms with E-state index in [1.807, 2.05) is 6.07 Å². The van der Waals surface area contributed by atoms with E-state index in [9.17, 15) is 10.1 Å². The molecule has 0 amide bonds. The smallest absolute Gasteiger partial charge is 0.318 e. The van der Waals surface area contributed by atoms with E-state index < -0.39 is 0 Å². The van der Waals surface area contributed by atoms with Gasteiger partial charge in [0.25, 0.3) is 0 Å². The van der Waals surface area contributed by atoms with E-state index in [2.05, 4.69) is 11.1 Å². The summed E-state index contributed by atoms with van der Waals surface area (Å²) in [6, 6.07) is 4.10. The molecule has 0 aliphatic heterocycles. The predicted octanol–water partition coefficient (Wildman–Crippen LogP) is 2.49. The molecule has 0 radical (unpaired) electrons. The Kier molecular flexibility index (Phi) is 4.43. The molecule has 19 heavy (non-hydrogen) atoms. The maximum Gasteiger partial charge on any atom is 0.318 e. The van der Waals surface area contributed by atoms with Crippen LogP contribution in [0, 0.1) is 11.3 Å². The molecule has 1 atom stereocenters. The molecule has 0 aromatic carbocycles. The van der Waals surface area contributed by atoms with E-state index in [4.69, 9.17) is 4.74 Å². The van der Waals surface area contributed by atoms with E-state index in [0.29, 0.717) is 10.6 Å². The van der Waals surface area contributed by atoms with Gasteiger partial charge in [0.1, 0.15) is 16.3 Å². The molecule has 100 valence electrons. The van der Waals surface area contributed by atoms with Crippen LogP contribution in [-0.4, -0.2) is 23.3 Å². The van der Waals surface area contributed by atoms with Crippen molar-refractivity contribution in [2.75, 3.05) is 7.11 Å². The van der Waals surface area contributed by atoms with E-state index in [1.165, 1.54) is 24.4 Å². The van der Waals surface area contributed by atoms with Gasteiger partial charge in [0.2, 0.25) is 0 Å². The molecular weight excluding hydrogens is 260 g/mol. The molecule has 2 rings (SSSR count). The SMILES string of the molecule is COC(=O)[C@H](C)Sc1nc2c(cc1C#N)CCCC2. The van der Waals surface area contributed by atoms with E-state index >= 15 is 0 Å². The van der Waals surface area contributed by atoms with Crippen LogP contribution in [0.5, 0.6) is 0 Å². The van der Waals surface area contributed by atoms with Crippen molar-refractivity contribution in [3.63, 3.8) is 0 Å². The molecule has 1 aromatic rings. The second kappa shape index (κ2) is 6.07. The Bertz CT molecular complexity index is 537. The monoisotopic (exact) mass is 276 g/mol. The lowest BCUT2D eigenvalue weighted by molar-refractivity contribution is -0.139. The second-order valence-electron chi connectivity index (χ2n) is 4.55. The molecule has 0 fully saturated rings. The third-order valence-electron chi connectivity index (χ3n) is 3.21. The lowest BCUT2D eigenvalue weighted by Gasteiger charge is -2.17. The van der Waals surface area contributed by atoms with Crippen LogP contribution in [0.2, 0.25) is 0 Å². The van der Waals surface area contributed by atoms with Crippen LogP contribution in [0.4, 0.5) is 0 Å². The average Bonchev–Trinajstić information content (AvgIpc) is 2.45. The lowest BCUT2D eigenvalue weighted by Crippen LogP contribution is -2.16. The number of nitrogens with zero attached hydrogens (tertiary/aromatic N) is 2. The summed E-state index contributed by atoms with van der Waals surface area (Å²) in [5.74, 6) is -0.298. The maximum atomic E-state index is 11.5. The summed E-state index contributed by atoms with van der Waals surface area (Å²) in [5.41, 5.74) is 2.81. The molecule has 1 aliphatic carbocycles. The number of fused-ring (bicyclic) bond motifs is 1. The van der Waals surface area contributed by atoms with Crippen LogP contribution < -0.4 is 0 Å². The molecule has 1 aromatic heterocycles. The first-order valence-corrected chi connectivity index (χ1v) is 7.21. The topological polar surface area (TPSA) is 63.0 Å². The van der Waals surface area contributed by atoms with E-state index in [0.717, 1.165) is 31.4 Å². The quantitative estimate of drug-likeness (QED) is 0.627. The van der Waals surface area contributed by atoms with Crippen molar-refractivity contribution in [3.8, 4) is 6.07 Å². The predicted molar refractivity (Wildman–Crippen MR) is 72.9 cm³/mol. The summed E-state index contributed by atoms with van der Waals surface area (Å²) in [7, 11) is 1.37. The number of aryl methyl sites for hydroxylation is 2. The van der Waals surface area contributed by atoms with Crippen LogP contribution in [0.25, 0.3) is 0 Å². The summed E-state index contributed by atoms with van der Waals surface area (Å²) in [4.78, 5) is 16.0. The van der Waals surface area contributed by atoms with Gasteiger partial charge in [0, 0.05) is 5.69 Å². The molecule has 0 unspecified atom stereocenters. The van der Waals surface area contributed by atoms with Gasteiger partial charge in [-0.25, -0.2) is 4.98 Å². The third-order valence-corrected chi connectivity index (χ3v) is 4.29. The van der Waals surface area contributed by atoms with Gasteiger partial charge < -0.3 is 4.74 Å². The highest BCUT2D eigenvalue weighted by Gasteiger charge is 2.20. The summed E-state index contributed by atoms with van der Waals surface area (Å²) >= 11 is 1.29. The van der Waals surface area contributed by atoms with E-state index in [-0.39, 0.29) is 11.2 Å². The number of methoxy groups -OCH3 is 1. The number of hydrogen-bond acceptors (Lipinski definition) is 5. The molecular formula is C14H16N2O2S. The Morgan fingerprint density at radius 3 is 2.95 bits per heavy atom. The Labute approximate surface area is 117 Å². The Balaban J connectivity index is 2.29. The first-order valence-electron chi connectivity index (χ1n) is 6.33. The number of carbonyl (C=O) groups excluding carboxylic acids is 1. The van der Waals surface area contributed by atoms with Crippen molar-refractivity contribution in [1.82, 2.24) is 4.98 Å². The highest BCUT2D eigenvalue weighted by Crippen LogP contribution is 2.29. The molecule has 0 saturated heterocycles. The molecule has 5 heteroatoms. The number of aromatic nitrogens is 1. The number of thioether (sulfide) groups is 1. The summed E-state index contributed by atoms with van der Waals surface area (Å²) < 4.78 is 4.70. The fourth-order valence-electron chi connectivity index (χ4n) is 2.17. The van der Waals surface area contributed by atoms with Crippen molar-refractivity contribution in [1.29, 1.82) is 5.26 Å². The van der Waals surface area contributed by atoms with Crippen LogP contribution >= 0.6 is 11.8 Å². The summed E-state index contributed by atoms with van der Waals surface area (Å²) in [6.07, 6.45) is 4.25. The lowest BCUT2D eigenvalue weighted by atomic mass is 9.95. The second-order valence-corrected chi connectivity index (χ2v) is 5.88. The van der Waals surface area contributed by atoms with Gasteiger partial charge in [0.05, 0.1) is 12.7 Å². The summed E-state index contributed by atoms with van der Waals surface area (Å²) in [5, 5.41) is 9.49. The highest BCUT2D eigenvalue weighted by atomic mass is 32.2. The number of ether oxygens (including phenoxy) is 1. The fraction of sp³-hybridized carbons (Fsp3) is 0.500. The number of pyridine rings is 1. The normalized spacial score (nSPS) is 15.2. The minimum absolute atomic E-state index is 0.298. The molecule has 0 saturated carbocycles. The van der Waals surface area contributed by atoms with Crippen molar-refractivity contribution in [2.24, 2.45) is 0 Å². The minimum atomic E-state index is -0.355. The summed E-state index contributed by atoms with van der Waals surface area (Å²) in [6.45, 7) is 1.76. The molecule has 0 spiro atoms. The number of hydrogen-bond donors (Lipinski definition) is 0. The first-order chi connectivity index (χ1) is 9.15. The van der Waals surface area contributed by atoms with Crippen LogP contribution in [-0.2, 0) is 22.4 Å². The minimum Gasteiger partial charge on any atom is -0.468 e. The fourth-order valence-corrected chi connectivity index (χ4v) is 3.09. The van der Waals surface area contributed by atoms with Gasteiger partial charge in [0.15, 0.2) is 0 Å². The number of esters is 1. The zero-order chi connectivity index (χ0) is 13.8. The van der Waals surface area contributed by atoms with E-state index in [1.54, 1.807) is 6.92 Å². The molecule has 1 aliphatic rings. The number of rotatable bonds is 3. The Hall–Kier alpha value is -1.54. The van der Waals surface area contributed by atoms with Crippen molar-refractivity contribution < 1.29 is 9.53 Å². The standard InChI is InChI=1S/C14H16N2O2S/c1-9(14(17)18-2)19-13-11(8-15)7-10-5-3-4-6-12(10)16-13/h7,9H,3-6H2,1-2H3/t9-/m0/s1. The van der Waals surface area contributed by atoms with Gasteiger partial charge in [-0.3, -0.25) is 4.79 Å². The zero-order valence-electron chi connectivity index (χ0n) is 11.1. The van der Waals surface area contributed by atoms with Crippen molar-refractivity contribution in [3.05, 3.63) is 22.9 Å². The zero-order valence-corrected chi connectivity index (χ0v) is 11.9. The largest absolute Gasteiger partial charge is 0.468 e. The number of nitriles is 1. The van der Waals surface area contributed by atoms with Gasteiger partial charge in [-0.05, 0) is 44.2 Å². The van der Waals surface area contributed by atoms with Gasteiger partial charge in [-0.1, -0.05) is 11.8 Å². The van der Waals surface area contributed by atoms with Crippen molar-refractivity contribution >= 4 is 17.7 Å². The molecule has 1 heterocycles. The number of carbonyl (C=O) groups is 1. The molecule has 0 bridgehead atoms. The van der Waals surface area contributed by atoms with Crippen LogP contribution in [0.15, 0.2) is 11.1 Å². The van der Waals surface area contributed by atoms with Gasteiger partial charge in [-0.15, -0.1) is 0 Å². The molecule has 0 N–H and O–H groups in total. The van der Waals surface area contributed by atoms with Gasteiger partial charge >= 0.3 is 5.97 Å². The maximum absolute atomic E-state index is 11.5. The van der Waals surface area contributed by atoms with Crippen molar-refractivity contribution in [2.45, 2.75) is 42.9 Å². The van der Waals surface area contributed by atoms with Crippen LogP contribution in [0.1, 0.15) is 36.6 Å². The van der Waals surface area contributed by atoms with Gasteiger partial charge in [-0.2, -0.15) is 5.26 Å². The molecule has 4 nitrogen and oxygen atoms in total. The van der Waals surface area contributed by atoms with Crippen LogP contribution in [0.3, 0.4) is 0 Å².